The van der Waals surface area contributed by atoms with Gasteiger partial charge in [-0.05, 0) is 44.9 Å². The van der Waals surface area contributed by atoms with Crippen molar-refractivity contribution in [3.05, 3.63) is 29.8 Å². The minimum Gasteiger partial charge on any atom is -0.491 e. The maximum absolute atomic E-state index is 5.68. The quantitative estimate of drug-likeness (QED) is 0.616. The molecular weight excluding hydrogens is 302 g/mol. The molecule has 0 bridgehead atoms. The zero-order valence-corrected chi connectivity index (χ0v) is 15.4. The number of hydrogen-bond donors (Lipinski definition) is 1. The van der Waals surface area contributed by atoms with Crippen LogP contribution in [0.25, 0.3) is 0 Å². The van der Waals surface area contributed by atoms with Crippen molar-refractivity contribution in [2.24, 2.45) is 10.9 Å². The van der Waals surface area contributed by atoms with Gasteiger partial charge in [-0.15, -0.1) is 0 Å². The molecule has 1 fully saturated rings. The van der Waals surface area contributed by atoms with Crippen LogP contribution in [-0.2, 0) is 11.3 Å². The predicted octanol–water partition coefficient (Wildman–Crippen LogP) is 2.91. The summed E-state index contributed by atoms with van der Waals surface area (Å²) in [6.07, 6.45) is 1.36. The Kier molecular flexibility index (Phi) is 7.37. The topological polar surface area (TPSA) is 46.1 Å². The van der Waals surface area contributed by atoms with Crippen molar-refractivity contribution >= 4 is 5.96 Å². The van der Waals surface area contributed by atoms with Gasteiger partial charge in [-0.2, -0.15) is 0 Å². The lowest BCUT2D eigenvalue weighted by Crippen LogP contribution is -2.40. The van der Waals surface area contributed by atoms with Gasteiger partial charge in [0.15, 0.2) is 5.96 Å². The maximum atomic E-state index is 5.68. The van der Waals surface area contributed by atoms with E-state index < -0.39 is 0 Å². The van der Waals surface area contributed by atoms with Crippen LogP contribution in [0.15, 0.2) is 29.3 Å². The maximum Gasteiger partial charge on any atom is 0.194 e. The summed E-state index contributed by atoms with van der Waals surface area (Å²) in [5.74, 6) is 2.51. The molecule has 1 aliphatic rings. The normalized spacial score (nSPS) is 18.3. The van der Waals surface area contributed by atoms with E-state index in [1.165, 1.54) is 12.0 Å². The molecule has 1 N–H and O–H groups in total. The van der Waals surface area contributed by atoms with Crippen LogP contribution in [0.2, 0.25) is 0 Å². The summed E-state index contributed by atoms with van der Waals surface area (Å²) < 4.78 is 11.0. The van der Waals surface area contributed by atoms with Gasteiger partial charge in [-0.3, -0.25) is 0 Å². The number of nitrogens with one attached hydrogen (secondary N) is 1. The van der Waals surface area contributed by atoms with Gasteiger partial charge in [0, 0.05) is 32.7 Å². The monoisotopic (exact) mass is 333 g/mol. The first kappa shape index (κ1) is 18.6. The number of ether oxygens (including phenoxy) is 2. The molecule has 24 heavy (non-hydrogen) atoms. The van der Waals surface area contributed by atoms with Gasteiger partial charge in [-0.1, -0.05) is 12.1 Å². The van der Waals surface area contributed by atoms with Crippen LogP contribution < -0.4 is 10.1 Å². The molecule has 0 spiro atoms. The molecule has 134 valence electrons. The molecular formula is C19H31N3O2. The number of nitrogens with zero attached hydrogens (tertiary/aromatic N) is 2. The van der Waals surface area contributed by atoms with Crippen LogP contribution in [0.1, 0.15) is 32.8 Å². The molecule has 0 radical (unpaired) electrons. The van der Waals surface area contributed by atoms with Gasteiger partial charge in [0.05, 0.1) is 19.3 Å². The van der Waals surface area contributed by atoms with E-state index in [2.05, 4.69) is 29.3 Å². The molecule has 1 heterocycles. The molecule has 2 rings (SSSR count). The number of methoxy groups -OCH3 is 1. The van der Waals surface area contributed by atoms with E-state index in [1.807, 2.05) is 26.0 Å². The number of guanidine groups is 1. The van der Waals surface area contributed by atoms with Crippen LogP contribution >= 0.6 is 0 Å². The summed E-state index contributed by atoms with van der Waals surface area (Å²) in [6.45, 7) is 10.6. The Morgan fingerprint density at radius 2 is 2.08 bits per heavy atom. The van der Waals surface area contributed by atoms with E-state index in [0.717, 1.165) is 38.0 Å². The third-order valence-corrected chi connectivity index (χ3v) is 4.03. The Bertz CT molecular complexity index is 514. The summed E-state index contributed by atoms with van der Waals surface area (Å²) in [6, 6.07) is 8.20. The molecule has 1 aliphatic heterocycles. The zero-order chi connectivity index (χ0) is 17.4. The molecule has 5 heteroatoms. The standard InChI is InChI=1S/C19H31N3O2/c1-5-20-19(22-11-10-17(13-22)14-23-4)21-12-16-6-8-18(9-7-16)24-15(2)3/h6-9,15,17H,5,10-14H2,1-4H3,(H,20,21). The highest BCUT2D eigenvalue weighted by Gasteiger charge is 2.24. The second-order valence-electron chi connectivity index (χ2n) is 6.54. The predicted molar refractivity (Wildman–Crippen MR) is 98.6 cm³/mol. The number of benzene rings is 1. The highest BCUT2D eigenvalue weighted by atomic mass is 16.5. The van der Waals surface area contributed by atoms with Crippen molar-refractivity contribution < 1.29 is 9.47 Å². The fourth-order valence-electron chi connectivity index (χ4n) is 2.93. The second-order valence-corrected chi connectivity index (χ2v) is 6.54. The van der Waals surface area contributed by atoms with Crippen molar-refractivity contribution in [1.29, 1.82) is 0 Å². The van der Waals surface area contributed by atoms with Gasteiger partial charge in [0.25, 0.3) is 0 Å². The molecule has 1 saturated heterocycles. The van der Waals surface area contributed by atoms with Gasteiger partial charge < -0.3 is 19.7 Å². The number of hydrogen-bond acceptors (Lipinski definition) is 3. The first-order valence-electron chi connectivity index (χ1n) is 8.90. The Morgan fingerprint density at radius 1 is 1.33 bits per heavy atom. The first-order chi connectivity index (χ1) is 11.6. The van der Waals surface area contributed by atoms with E-state index in [-0.39, 0.29) is 6.10 Å². The third-order valence-electron chi connectivity index (χ3n) is 4.03. The zero-order valence-electron chi connectivity index (χ0n) is 15.4. The van der Waals surface area contributed by atoms with Crippen molar-refractivity contribution in [1.82, 2.24) is 10.2 Å². The van der Waals surface area contributed by atoms with Gasteiger partial charge in [-0.25, -0.2) is 4.99 Å². The van der Waals surface area contributed by atoms with E-state index in [0.29, 0.717) is 12.5 Å². The van der Waals surface area contributed by atoms with Crippen LogP contribution in [0, 0.1) is 5.92 Å². The smallest absolute Gasteiger partial charge is 0.194 e. The summed E-state index contributed by atoms with van der Waals surface area (Å²) >= 11 is 0. The third kappa shape index (κ3) is 5.71. The van der Waals surface area contributed by atoms with Gasteiger partial charge >= 0.3 is 0 Å². The van der Waals surface area contributed by atoms with Crippen LogP contribution in [0.4, 0.5) is 0 Å². The lowest BCUT2D eigenvalue weighted by atomic mass is 10.1. The van der Waals surface area contributed by atoms with Crippen LogP contribution in [-0.4, -0.2) is 50.3 Å². The second kappa shape index (κ2) is 9.52. The molecule has 5 nitrogen and oxygen atoms in total. The Hall–Kier alpha value is -1.75. The van der Waals surface area contributed by atoms with E-state index in [1.54, 1.807) is 7.11 Å². The minimum atomic E-state index is 0.199. The molecule has 0 amide bonds. The number of likely N-dealkylation sites (tertiary alicyclic amines) is 1. The lowest BCUT2D eigenvalue weighted by molar-refractivity contribution is 0.157. The Balaban J connectivity index is 1.95. The number of rotatable bonds is 7. The van der Waals surface area contributed by atoms with Crippen LogP contribution in [0.3, 0.4) is 0 Å². The highest BCUT2D eigenvalue weighted by Crippen LogP contribution is 2.17. The molecule has 1 unspecified atom stereocenters. The van der Waals surface area contributed by atoms with E-state index in [9.17, 15) is 0 Å². The van der Waals surface area contributed by atoms with Crippen LogP contribution in [0.5, 0.6) is 5.75 Å². The van der Waals surface area contributed by atoms with Crippen molar-refractivity contribution in [2.45, 2.75) is 39.8 Å². The molecule has 0 saturated carbocycles. The average molecular weight is 333 g/mol. The fourth-order valence-corrected chi connectivity index (χ4v) is 2.93. The Labute approximate surface area is 146 Å². The summed E-state index contributed by atoms with van der Waals surface area (Å²) in [7, 11) is 1.77. The summed E-state index contributed by atoms with van der Waals surface area (Å²) in [4.78, 5) is 7.14. The van der Waals surface area contributed by atoms with Crippen molar-refractivity contribution in [3.8, 4) is 5.75 Å². The highest BCUT2D eigenvalue weighted by molar-refractivity contribution is 5.80. The minimum absolute atomic E-state index is 0.199. The van der Waals surface area contributed by atoms with Crippen molar-refractivity contribution in [3.63, 3.8) is 0 Å². The molecule has 1 aromatic rings. The summed E-state index contributed by atoms with van der Waals surface area (Å²) in [5.41, 5.74) is 1.19. The van der Waals surface area contributed by atoms with Crippen molar-refractivity contribution in [2.75, 3.05) is 33.4 Å². The molecule has 0 aromatic heterocycles. The van der Waals surface area contributed by atoms with E-state index in [4.69, 9.17) is 14.5 Å². The first-order valence-corrected chi connectivity index (χ1v) is 8.90. The largest absolute Gasteiger partial charge is 0.491 e. The van der Waals surface area contributed by atoms with Gasteiger partial charge in [0.1, 0.15) is 5.75 Å². The Morgan fingerprint density at radius 3 is 2.71 bits per heavy atom. The summed E-state index contributed by atoms with van der Waals surface area (Å²) in [5, 5.41) is 3.41. The lowest BCUT2D eigenvalue weighted by Gasteiger charge is -2.21. The van der Waals surface area contributed by atoms with Gasteiger partial charge in [0.2, 0.25) is 0 Å². The molecule has 0 aliphatic carbocycles. The SMILES string of the molecule is CCNC(=NCc1ccc(OC(C)C)cc1)N1CCC(COC)C1. The fraction of sp³-hybridized carbons (Fsp3) is 0.632. The van der Waals surface area contributed by atoms with E-state index >= 15 is 0 Å². The molecule has 1 aromatic carbocycles. The molecule has 1 atom stereocenters. The average Bonchev–Trinajstić information content (AvgIpc) is 3.01. The number of aliphatic imine (C=N–C) groups is 1.